The van der Waals surface area contributed by atoms with Crippen molar-refractivity contribution in [3.63, 3.8) is 0 Å². The van der Waals surface area contributed by atoms with Crippen LogP contribution < -0.4 is 43.9 Å². The number of allylic oxidation sites excluding steroid dienone is 1. The van der Waals surface area contributed by atoms with Crippen LogP contribution in [-0.4, -0.2) is 123 Å². The Labute approximate surface area is 580 Å². The largest absolute Gasteiger partial charge is 0.495 e. The molecule has 0 aliphatic carbocycles. The van der Waals surface area contributed by atoms with Gasteiger partial charge >= 0.3 is 11.9 Å². The number of benzene rings is 3. The van der Waals surface area contributed by atoms with E-state index in [9.17, 15) is 49.2 Å². The lowest BCUT2D eigenvalue weighted by Gasteiger charge is -2.26. The summed E-state index contributed by atoms with van der Waals surface area (Å²) in [6, 6.07) is 17.7. The lowest BCUT2D eigenvalue weighted by Crippen LogP contribution is -2.35. The molecule has 0 unspecified atom stereocenters. The van der Waals surface area contributed by atoms with Crippen LogP contribution in [0, 0.1) is 0 Å². The molecule has 1 fully saturated rings. The highest BCUT2D eigenvalue weighted by Crippen LogP contribution is 2.43. The first-order valence-electron chi connectivity index (χ1n) is 29.6. The average Bonchev–Trinajstić information content (AvgIpc) is 1.68. The van der Waals surface area contributed by atoms with Gasteiger partial charge < -0.3 is 65.9 Å². The van der Waals surface area contributed by atoms with Gasteiger partial charge in [0.15, 0.2) is 28.7 Å². The highest BCUT2D eigenvalue weighted by molar-refractivity contribution is 7.95. The molecule has 2 aliphatic heterocycles. The predicted molar refractivity (Wildman–Crippen MR) is 363 cm³/mol. The Bertz CT molecular complexity index is 5220. The van der Waals surface area contributed by atoms with Gasteiger partial charge in [-0.1, -0.05) is 10.3 Å². The molecular weight excluding hydrogens is 1420 g/mol. The van der Waals surface area contributed by atoms with Crippen LogP contribution in [0.25, 0.3) is 40.2 Å². The number of anilines is 4. The smallest absolute Gasteiger partial charge is 0.350 e. The summed E-state index contributed by atoms with van der Waals surface area (Å²) in [5, 5.41) is 16.2. The number of carbonyl (C=O) groups excluding carboxylic acids is 5. The predicted octanol–water partition coefficient (Wildman–Crippen LogP) is 9.08. The molecule has 101 heavy (non-hydrogen) atoms. The third-order valence-electron chi connectivity index (χ3n) is 14.5. The van der Waals surface area contributed by atoms with Crippen molar-refractivity contribution in [1.82, 2.24) is 30.9 Å². The van der Waals surface area contributed by atoms with E-state index in [1.807, 2.05) is 12.1 Å². The van der Waals surface area contributed by atoms with E-state index in [-0.39, 0.29) is 89.9 Å². The molecule has 0 atom stereocenters. The second-order valence-electron chi connectivity index (χ2n) is 20.9. The second-order valence-corrected chi connectivity index (χ2v) is 28.1. The first-order valence-corrected chi connectivity index (χ1v) is 35.8. The topological polar surface area (TPSA) is 428 Å². The first-order chi connectivity index (χ1) is 48.7. The molecule has 2 amide bonds. The van der Waals surface area contributed by atoms with Crippen molar-refractivity contribution in [2.75, 3.05) is 66.7 Å². The van der Waals surface area contributed by atoms with E-state index in [1.165, 1.54) is 100 Å². The van der Waals surface area contributed by atoms with Gasteiger partial charge in [0.1, 0.15) is 28.6 Å². The fraction of sp³-hybridized carbons (Fsp3) is 0.172. The Kier molecular flexibility index (Phi) is 22.0. The number of hydrogen-bond acceptors (Lipinski definition) is 29. The molecule has 3 aromatic carbocycles. The van der Waals surface area contributed by atoms with Crippen molar-refractivity contribution < 1.29 is 99.6 Å². The molecule has 1 saturated heterocycles. The van der Waals surface area contributed by atoms with Crippen LogP contribution in [0.15, 0.2) is 180 Å². The van der Waals surface area contributed by atoms with Gasteiger partial charge in [-0.3, -0.25) is 28.5 Å². The third kappa shape index (κ3) is 16.9. The zero-order valence-corrected chi connectivity index (χ0v) is 57.0. The first kappa shape index (κ1) is 70.7. The minimum absolute atomic E-state index is 0.0381. The van der Waals surface area contributed by atoms with Crippen molar-refractivity contribution in [2.24, 2.45) is 0 Å². The number of carbonyl (C=O) groups is 5. The molecule has 37 heteroatoms. The quantitative estimate of drug-likeness (QED) is 0.0191. The molecule has 8 aromatic heterocycles. The Hall–Kier alpha value is -11.6. The van der Waals surface area contributed by atoms with E-state index >= 15 is 0 Å². The Morgan fingerprint density at radius 3 is 1.66 bits per heavy atom. The van der Waals surface area contributed by atoms with Crippen LogP contribution in [0.4, 0.5) is 22.9 Å². The fourth-order valence-corrected chi connectivity index (χ4v) is 14.6. The van der Waals surface area contributed by atoms with Gasteiger partial charge in [0, 0.05) is 101 Å². The molecule has 11 aromatic rings. The molecular formula is C64H56N10O22S5. The molecule has 524 valence electrons. The number of esters is 2. The lowest BCUT2D eigenvalue weighted by molar-refractivity contribution is -0.117. The number of thiazole rings is 2. The van der Waals surface area contributed by atoms with Crippen LogP contribution in [0.3, 0.4) is 0 Å². The van der Waals surface area contributed by atoms with Gasteiger partial charge in [0.25, 0.3) is 35.2 Å². The van der Waals surface area contributed by atoms with Crippen LogP contribution >= 0.6 is 22.7 Å². The van der Waals surface area contributed by atoms with Gasteiger partial charge in [0.05, 0.1) is 101 Å². The molecule has 13 rings (SSSR count). The number of ether oxygens (including phenoxy) is 5. The van der Waals surface area contributed by atoms with Gasteiger partial charge in [-0.05, 0) is 78.9 Å². The van der Waals surface area contributed by atoms with Gasteiger partial charge in [-0.2, -0.15) is 25.3 Å². The summed E-state index contributed by atoms with van der Waals surface area (Å²) in [5.74, 6) is -0.174. The second kappa shape index (κ2) is 31.5. The van der Waals surface area contributed by atoms with E-state index in [4.69, 9.17) is 45.7 Å². The number of hydrogen-bond donors (Lipinski definition) is 5. The van der Waals surface area contributed by atoms with E-state index in [0.29, 0.717) is 89.1 Å². The lowest BCUT2D eigenvalue weighted by atomic mass is 10.0. The summed E-state index contributed by atoms with van der Waals surface area (Å²) < 4.78 is 142. The van der Waals surface area contributed by atoms with Gasteiger partial charge in [-0.25, -0.2) is 19.6 Å². The fourth-order valence-electron chi connectivity index (χ4n) is 9.86. The van der Waals surface area contributed by atoms with Crippen molar-refractivity contribution >= 4 is 145 Å². The summed E-state index contributed by atoms with van der Waals surface area (Å²) in [4.78, 5) is 71.1. The number of nitrogens with one attached hydrogen (secondary N) is 5. The maximum Gasteiger partial charge on any atom is 0.350 e. The number of furan rings is 4. The normalized spacial score (nSPS) is 13.2. The third-order valence-corrected chi connectivity index (χ3v) is 20.8. The summed E-state index contributed by atoms with van der Waals surface area (Å²) >= 11 is 1.89. The number of morpholine rings is 1. The number of fused-ring (bicyclic) bond motifs is 3. The van der Waals surface area contributed by atoms with Crippen molar-refractivity contribution in [3.05, 3.63) is 184 Å². The monoisotopic (exact) mass is 1480 g/mol. The van der Waals surface area contributed by atoms with E-state index in [0.717, 1.165) is 34.8 Å². The minimum atomic E-state index is -4.13. The van der Waals surface area contributed by atoms with Gasteiger partial charge in [0.2, 0.25) is 26.1 Å². The zero-order valence-electron chi connectivity index (χ0n) is 52.9. The Morgan fingerprint density at radius 2 is 1.13 bits per heavy atom. The maximum absolute atomic E-state index is 13.0. The van der Waals surface area contributed by atoms with E-state index < -0.39 is 53.8 Å². The summed E-state index contributed by atoms with van der Waals surface area (Å²) in [7, 11) is -8.07. The SMILES string of the molecule is COc1c(/C=C/C(=O)CCc2ccco2)c(NS(=O)(=O)c2nccs2)cc2cc(N3CCOCC3)oc12.COc1c(/C=C/C(=O)NCc2ccco2)c(NS(=O)(=O)c2ccno2)cc2cnoc12.COc1c(/C=C/C(=O)NCc2ccco2)c(NS(=O)(=O)c2nccs2)cc2c1C(=O)OC2=O. The number of aromatic nitrogens is 4. The number of ketones is 1. The number of aryl methyl sites for hydroxylation is 1. The number of sulfonamides is 3. The van der Waals surface area contributed by atoms with Crippen LogP contribution in [0.1, 0.15) is 61.1 Å². The molecule has 0 saturated carbocycles. The molecule has 10 heterocycles. The Balaban J connectivity index is 0.000000153. The van der Waals surface area contributed by atoms with Crippen molar-refractivity contribution in [3.8, 4) is 17.2 Å². The zero-order chi connectivity index (χ0) is 71.3. The number of methoxy groups -OCH3 is 3. The van der Waals surface area contributed by atoms with Crippen molar-refractivity contribution in [1.29, 1.82) is 0 Å². The summed E-state index contributed by atoms with van der Waals surface area (Å²) in [6.07, 6.45) is 18.5. The highest BCUT2D eigenvalue weighted by Gasteiger charge is 2.37. The summed E-state index contributed by atoms with van der Waals surface area (Å²) in [5.41, 5.74) is 1.31. The Morgan fingerprint density at radius 1 is 0.594 bits per heavy atom. The van der Waals surface area contributed by atoms with E-state index in [1.54, 1.807) is 54.1 Å². The number of cyclic esters (lactones) is 2. The van der Waals surface area contributed by atoms with Crippen LogP contribution in [-0.2, 0) is 73.4 Å². The van der Waals surface area contributed by atoms with Crippen LogP contribution in [0.5, 0.6) is 17.2 Å². The standard InChI is InChI=1S/C25H25N3O7S2.C20H15N3O8S2.C19H16N4O7S/c1-32-24-20(7-5-18(29)4-6-19-3-2-11-34-19)21(27-37(30,31)25-26-8-14-36-25)15-17-16-22(35-23(17)24)28-9-12-33-13-10-28;1-29-17-12(4-5-15(24)22-10-11-3-2-7-30-11)14(9-13-16(17)19(26)31-18(13)25)23-33(27,28)20-21-6-8-32-20;1-27-19-14(4-5-16(24)20-11-13-3-2-8-28-13)15(9-12-10-22-30-18(12)19)23-31(25,26)17-6-7-21-29-17/h2-3,5,7-8,11,14-16,27H,4,6,9-10,12-13H2,1H3;2-9,23H,10H2,1H3,(H,22,24);2-10,23H,11H2,1H3,(H,20,24)/b7-5+;2*5-4+. The highest BCUT2D eigenvalue weighted by atomic mass is 32.3. The van der Waals surface area contributed by atoms with E-state index in [2.05, 4.69) is 54.7 Å². The average molecular weight is 1480 g/mol. The molecule has 0 radical (unpaired) electrons. The molecule has 2 aliphatic rings. The minimum Gasteiger partial charge on any atom is -0.495 e. The molecule has 0 spiro atoms. The van der Waals surface area contributed by atoms with Crippen LogP contribution in [0.2, 0.25) is 0 Å². The molecule has 5 N–H and O–H groups in total. The molecule has 0 bridgehead atoms. The number of rotatable bonds is 26. The summed E-state index contributed by atoms with van der Waals surface area (Å²) in [6.45, 7) is 2.83. The number of amides is 2. The van der Waals surface area contributed by atoms with Gasteiger partial charge in [-0.15, -0.1) is 22.7 Å². The number of nitrogens with zero attached hydrogens (tertiary/aromatic N) is 5. The maximum atomic E-state index is 13.0. The van der Waals surface area contributed by atoms with Crippen molar-refractivity contribution in [2.45, 2.75) is 39.7 Å². The molecule has 32 nitrogen and oxygen atoms in total.